The molecular weight excluding hydrogens is 256 g/mol. The van der Waals surface area contributed by atoms with Crippen molar-refractivity contribution in [2.75, 3.05) is 0 Å². The van der Waals surface area contributed by atoms with Gasteiger partial charge in [0.2, 0.25) is 0 Å². The molecule has 0 aromatic carbocycles. The van der Waals surface area contributed by atoms with Crippen LogP contribution in [0, 0.1) is 0 Å². The molecule has 3 heterocycles. The third-order valence-corrected chi connectivity index (χ3v) is 3.83. The van der Waals surface area contributed by atoms with Crippen molar-refractivity contribution in [3.05, 3.63) is 46.7 Å². The van der Waals surface area contributed by atoms with Crippen LogP contribution in [0.25, 0.3) is 11.0 Å². The molecule has 5 heteroatoms. The van der Waals surface area contributed by atoms with Crippen LogP contribution in [0.5, 0.6) is 0 Å². The maximum absolute atomic E-state index is 5.92. The van der Waals surface area contributed by atoms with Crippen molar-refractivity contribution in [2.45, 2.75) is 25.9 Å². The summed E-state index contributed by atoms with van der Waals surface area (Å²) in [5.74, 6) is 0. The molecule has 0 saturated heterocycles. The van der Waals surface area contributed by atoms with Crippen LogP contribution in [0.4, 0.5) is 0 Å². The molecule has 3 aromatic rings. The fourth-order valence-electron chi connectivity index (χ4n) is 2.31. The van der Waals surface area contributed by atoms with E-state index in [9.17, 15) is 0 Å². The van der Waals surface area contributed by atoms with Crippen LogP contribution in [-0.4, -0.2) is 20.6 Å². The number of nitrogens with zero attached hydrogens (tertiary/aromatic N) is 3. The van der Waals surface area contributed by atoms with Gasteiger partial charge in [0.05, 0.1) is 12.1 Å². The molecule has 0 radical (unpaired) electrons. The van der Waals surface area contributed by atoms with Crippen LogP contribution < -0.4 is 5.73 Å². The Balaban J connectivity index is 2.04. The van der Waals surface area contributed by atoms with Gasteiger partial charge in [0.15, 0.2) is 0 Å². The highest BCUT2D eigenvalue weighted by atomic mass is 32.1. The Morgan fingerprint density at radius 2 is 2.37 bits per heavy atom. The third kappa shape index (κ3) is 2.52. The molecule has 4 nitrogen and oxygen atoms in total. The van der Waals surface area contributed by atoms with Crippen LogP contribution >= 0.6 is 11.3 Å². The second-order valence-electron chi connectivity index (χ2n) is 4.81. The molecule has 0 amide bonds. The van der Waals surface area contributed by atoms with Gasteiger partial charge in [-0.15, -0.1) is 11.3 Å². The summed E-state index contributed by atoms with van der Waals surface area (Å²) in [7, 11) is 0. The SMILES string of the molecule is CC(N)Cc1cn(Cc2cncs2)c2ncccc12. The van der Waals surface area contributed by atoms with Crippen LogP contribution in [0.15, 0.2) is 36.2 Å². The number of fused-ring (bicyclic) bond motifs is 1. The van der Waals surface area contributed by atoms with Crippen LogP contribution in [0.3, 0.4) is 0 Å². The summed E-state index contributed by atoms with van der Waals surface area (Å²) in [4.78, 5) is 9.85. The van der Waals surface area contributed by atoms with Crippen LogP contribution in [-0.2, 0) is 13.0 Å². The van der Waals surface area contributed by atoms with Gasteiger partial charge in [0, 0.05) is 34.9 Å². The molecule has 19 heavy (non-hydrogen) atoms. The molecule has 0 saturated carbocycles. The lowest BCUT2D eigenvalue weighted by Gasteiger charge is -2.02. The molecule has 1 unspecified atom stereocenters. The summed E-state index contributed by atoms with van der Waals surface area (Å²) in [5, 5.41) is 1.20. The van der Waals surface area contributed by atoms with Gasteiger partial charge in [0.25, 0.3) is 0 Å². The lowest BCUT2D eigenvalue weighted by atomic mass is 10.1. The molecule has 98 valence electrons. The summed E-state index contributed by atoms with van der Waals surface area (Å²) in [6.45, 7) is 2.85. The van der Waals surface area contributed by atoms with Gasteiger partial charge in [-0.25, -0.2) is 4.98 Å². The molecule has 2 N–H and O–H groups in total. The first-order chi connectivity index (χ1) is 9.24. The minimum Gasteiger partial charge on any atom is -0.328 e. The molecule has 0 aliphatic heterocycles. The Bertz CT molecular complexity index is 670. The summed E-state index contributed by atoms with van der Waals surface area (Å²) in [5.41, 5.74) is 10.1. The quantitative estimate of drug-likeness (QED) is 0.793. The third-order valence-electron chi connectivity index (χ3n) is 3.07. The number of hydrogen-bond donors (Lipinski definition) is 1. The van der Waals surface area contributed by atoms with Crippen molar-refractivity contribution in [3.8, 4) is 0 Å². The number of aromatic nitrogens is 3. The predicted octanol–water partition coefficient (Wildman–Crippen LogP) is 2.43. The normalized spacial score (nSPS) is 12.9. The van der Waals surface area contributed by atoms with Gasteiger partial charge in [-0.05, 0) is 31.0 Å². The van der Waals surface area contributed by atoms with Crippen LogP contribution in [0.1, 0.15) is 17.4 Å². The average molecular weight is 272 g/mol. The van der Waals surface area contributed by atoms with Gasteiger partial charge in [-0.3, -0.25) is 4.98 Å². The fraction of sp³-hybridized carbons (Fsp3) is 0.286. The summed E-state index contributed by atoms with van der Waals surface area (Å²) in [6, 6.07) is 4.25. The zero-order valence-electron chi connectivity index (χ0n) is 10.8. The summed E-state index contributed by atoms with van der Waals surface area (Å²) < 4.78 is 2.18. The molecule has 0 aliphatic carbocycles. The van der Waals surface area contributed by atoms with Crippen molar-refractivity contribution < 1.29 is 0 Å². The van der Waals surface area contributed by atoms with E-state index in [4.69, 9.17) is 5.73 Å². The van der Waals surface area contributed by atoms with Gasteiger partial charge >= 0.3 is 0 Å². The monoisotopic (exact) mass is 272 g/mol. The van der Waals surface area contributed by atoms with Gasteiger partial charge in [-0.1, -0.05) is 0 Å². The Morgan fingerprint density at radius 3 is 3.11 bits per heavy atom. The number of hydrogen-bond acceptors (Lipinski definition) is 4. The zero-order valence-corrected chi connectivity index (χ0v) is 11.6. The largest absolute Gasteiger partial charge is 0.328 e. The zero-order chi connectivity index (χ0) is 13.2. The first-order valence-electron chi connectivity index (χ1n) is 6.29. The number of pyridine rings is 1. The lowest BCUT2D eigenvalue weighted by Crippen LogP contribution is -2.17. The van der Waals surface area contributed by atoms with Crippen molar-refractivity contribution in [3.63, 3.8) is 0 Å². The van der Waals surface area contributed by atoms with Gasteiger partial charge < -0.3 is 10.3 Å². The lowest BCUT2D eigenvalue weighted by molar-refractivity contribution is 0.735. The molecular formula is C14H16N4S. The van der Waals surface area contributed by atoms with E-state index in [2.05, 4.69) is 26.8 Å². The first kappa shape index (κ1) is 12.3. The van der Waals surface area contributed by atoms with Gasteiger partial charge in [0.1, 0.15) is 5.65 Å². The van der Waals surface area contributed by atoms with Crippen LogP contribution in [0.2, 0.25) is 0 Å². The highest BCUT2D eigenvalue weighted by Crippen LogP contribution is 2.22. The highest BCUT2D eigenvalue weighted by molar-refractivity contribution is 7.09. The second kappa shape index (κ2) is 5.11. The average Bonchev–Trinajstić information content (AvgIpc) is 2.99. The Morgan fingerprint density at radius 1 is 1.47 bits per heavy atom. The predicted molar refractivity (Wildman–Crippen MR) is 78.3 cm³/mol. The number of rotatable bonds is 4. The molecule has 3 rings (SSSR count). The Hall–Kier alpha value is -1.72. The Kier molecular flexibility index (Phi) is 3.31. The Labute approximate surface area is 115 Å². The smallest absolute Gasteiger partial charge is 0.140 e. The van der Waals surface area contributed by atoms with Crippen molar-refractivity contribution in [2.24, 2.45) is 5.73 Å². The van der Waals surface area contributed by atoms with E-state index in [-0.39, 0.29) is 6.04 Å². The molecule has 3 aromatic heterocycles. The molecule has 0 spiro atoms. The van der Waals surface area contributed by atoms with Crippen molar-refractivity contribution >= 4 is 22.4 Å². The minimum atomic E-state index is 0.155. The highest BCUT2D eigenvalue weighted by Gasteiger charge is 2.11. The minimum absolute atomic E-state index is 0.155. The van der Waals surface area contributed by atoms with E-state index < -0.39 is 0 Å². The molecule has 0 fully saturated rings. The summed E-state index contributed by atoms with van der Waals surface area (Å²) in [6.07, 6.45) is 6.78. The van der Waals surface area contributed by atoms with Crippen molar-refractivity contribution in [1.82, 2.24) is 14.5 Å². The maximum atomic E-state index is 5.92. The van der Waals surface area contributed by atoms with E-state index in [0.717, 1.165) is 18.6 Å². The second-order valence-corrected chi connectivity index (χ2v) is 5.78. The molecule has 0 bridgehead atoms. The maximum Gasteiger partial charge on any atom is 0.140 e. The van der Waals surface area contributed by atoms with Crippen molar-refractivity contribution in [1.29, 1.82) is 0 Å². The van der Waals surface area contributed by atoms with E-state index in [1.807, 2.05) is 30.9 Å². The van der Waals surface area contributed by atoms with Gasteiger partial charge in [-0.2, -0.15) is 0 Å². The number of nitrogens with two attached hydrogens (primary N) is 1. The standard InChI is InChI=1S/C14H16N4S/c1-10(15)5-11-7-18(8-12-6-16-9-19-12)14-13(11)3-2-4-17-14/h2-4,6-7,9-10H,5,8,15H2,1H3. The number of thiazole rings is 1. The van der Waals surface area contributed by atoms with E-state index in [1.54, 1.807) is 11.3 Å². The van der Waals surface area contributed by atoms with E-state index >= 15 is 0 Å². The molecule has 0 aliphatic rings. The van der Waals surface area contributed by atoms with E-state index in [0.29, 0.717) is 0 Å². The fourth-order valence-corrected chi connectivity index (χ4v) is 2.91. The first-order valence-corrected chi connectivity index (χ1v) is 7.17. The van der Waals surface area contributed by atoms with E-state index in [1.165, 1.54) is 15.8 Å². The molecule has 1 atom stereocenters. The summed E-state index contributed by atoms with van der Waals surface area (Å²) >= 11 is 1.67. The topological polar surface area (TPSA) is 56.7 Å².